The Hall–Kier alpha value is -0.470. The van der Waals surface area contributed by atoms with Crippen LogP contribution in [0.3, 0.4) is 0 Å². The van der Waals surface area contributed by atoms with Crippen molar-refractivity contribution in [2.24, 2.45) is 0 Å². The second-order valence-corrected chi connectivity index (χ2v) is 5.01. The number of benzene rings is 1. The van der Waals surface area contributed by atoms with Crippen LogP contribution in [0, 0.1) is 0 Å². The predicted molar refractivity (Wildman–Crippen MR) is 63.7 cm³/mol. The quantitative estimate of drug-likeness (QED) is 0.818. The van der Waals surface area contributed by atoms with Gasteiger partial charge in [-0.3, -0.25) is 0 Å². The maximum atomic E-state index is 3.67. The van der Waals surface area contributed by atoms with Crippen LogP contribution in [0.25, 0.3) is 0 Å². The molecule has 2 atom stereocenters. The molecule has 76 valence electrons. The van der Waals surface area contributed by atoms with E-state index in [-0.39, 0.29) is 0 Å². The summed E-state index contributed by atoms with van der Waals surface area (Å²) in [5, 5.41) is 3.67. The first kappa shape index (κ1) is 10.1. The third kappa shape index (κ3) is 2.52. The molecule has 1 unspecified atom stereocenters. The molecule has 14 heavy (non-hydrogen) atoms. The van der Waals surface area contributed by atoms with Crippen molar-refractivity contribution in [2.45, 2.75) is 25.4 Å². The van der Waals surface area contributed by atoms with E-state index in [2.05, 4.69) is 54.3 Å². The van der Waals surface area contributed by atoms with Crippen LogP contribution in [-0.4, -0.2) is 17.5 Å². The van der Waals surface area contributed by atoms with Gasteiger partial charge in [-0.25, -0.2) is 0 Å². The maximum absolute atomic E-state index is 3.67. The molecule has 1 heterocycles. The van der Waals surface area contributed by atoms with Crippen molar-refractivity contribution >= 4 is 11.8 Å². The molecule has 2 rings (SSSR count). The fraction of sp³-hybridized carbons (Fsp3) is 0.500. The molecule has 1 aliphatic heterocycles. The third-order valence-corrected chi connectivity index (χ3v) is 3.88. The zero-order valence-corrected chi connectivity index (χ0v) is 9.39. The van der Waals surface area contributed by atoms with E-state index in [4.69, 9.17) is 0 Å². The van der Waals surface area contributed by atoms with Gasteiger partial charge in [-0.2, -0.15) is 11.8 Å². The highest BCUT2D eigenvalue weighted by molar-refractivity contribution is 7.99. The molecule has 1 nitrogen and oxygen atoms in total. The number of hydrogen-bond donors (Lipinski definition) is 1. The van der Waals surface area contributed by atoms with Gasteiger partial charge in [0.1, 0.15) is 0 Å². The Labute approximate surface area is 90.3 Å². The summed E-state index contributed by atoms with van der Waals surface area (Å²) in [6, 6.07) is 11.9. The predicted octanol–water partition coefficient (Wildman–Crippen LogP) is 2.84. The second kappa shape index (κ2) is 4.85. The monoisotopic (exact) mass is 207 g/mol. The van der Waals surface area contributed by atoms with E-state index < -0.39 is 0 Å². The van der Waals surface area contributed by atoms with E-state index >= 15 is 0 Å². The second-order valence-electron chi connectivity index (χ2n) is 3.86. The molecule has 2 heteroatoms. The molecule has 0 bridgehead atoms. The highest BCUT2D eigenvalue weighted by Crippen LogP contribution is 2.20. The van der Waals surface area contributed by atoms with E-state index in [0.717, 1.165) is 6.04 Å². The van der Waals surface area contributed by atoms with Crippen molar-refractivity contribution in [1.29, 1.82) is 0 Å². The van der Waals surface area contributed by atoms with Crippen molar-refractivity contribution in [2.75, 3.05) is 11.5 Å². The van der Waals surface area contributed by atoms with Crippen molar-refractivity contribution in [3.63, 3.8) is 0 Å². The Bertz CT molecular complexity index is 267. The topological polar surface area (TPSA) is 12.0 Å². The molecule has 1 aliphatic rings. The minimum absolute atomic E-state index is 0.486. The molecule has 0 saturated carbocycles. The van der Waals surface area contributed by atoms with Gasteiger partial charge in [-0.15, -0.1) is 0 Å². The summed E-state index contributed by atoms with van der Waals surface area (Å²) in [6.45, 7) is 2.25. The van der Waals surface area contributed by atoms with Crippen LogP contribution in [0.4, 0.5) is 0 Å². The lowest BCUT2D eigenvalue weighted by atomic mass is 10.1. The first-order valence-corrected chi connectivity index (χ1v) is 6.40. The summed E-state index contributed by atoms with van der Waals surface area (Å²) < 4.78 is 0. The van der Waals surface area contributed by atoms with Crippen molar-refractivity contribution < 1.29 is 0 Å². The Balaban J connectivity index is 1.92. The van der Waals surface area contributed by atoms with Crippen molar-refractivity contribution in [3.05, 3.63) is 35.9 Å². The van der Waals surface area contributed by atoms with Gasteiger partial charge in [0.25, 0.3) is 0 Å². The summed E-state index contributed by atoms with van der Waals surface area (Å²) in [5.74, 6) is 2.59. The molecule has 1 saturated heterocycles. The Morgan fingerprint density at radius 1 is 1.36 bits per heavy atom. The van der Waals surface area contributed by atoms with Crippen LogP contribution in [0.2, 0.25) is 0 Å². The summed E-state index contributed by atoms with van der Waals surface area (Å²) in [6.07, 6.45) is 1.32. The van der Waals surface area contributed by atoms with Gasteiger partial charge in [-0.1, -0.05) is 30.3 Å². The molecule has 1 N–H and O–H groups in total. The first-order chi connectivity index (χ1) is 6.86. The summed E-state index contributed by atoms with van der Waals surface area (Å²) in [4.78, 5) is 0. The Morgan fingerprint density at radius 3 is 2.79 bits per heavy atom. The number of hydrogen-bond acceptors (Lipinski definition) is 2. The average molecular weight is 207 g/mol. The highest BCUT2D eigenvalue weighted by Gasteiger charge is 2.17. The summed E-state index contributed by atoms with van der Waals surface area (Å²) in [7, 11) is 0. The lowest BCUT2D eigenvalue weighted by Gasteiger charge is -2.18. The van der Waals surface area contributed by atoms with Gasteiger partial charge >= 0.3 is 0 Å². The normalized spacial score (nSPS) is 23.6. The van der Waals surface area contributed by atoms with Gasteiger partial charge < -0.3 is 5.32 Å². The van der Waals surface area contributed by atoms with E-state index in [1.54, 1.807) is 0 Å². The van der Waals surface area contributed by atoms with Gasteiger partial charge in [0.2, 0.25) is 0 Å². The van der Waals surface area contributed by atoms with Crippen LogP contribution in [-0.2, 0) is 0 Å². The number of nitrogens with one attached hydrogen (secondary N) is 1. The van der Waals surface area contributed by atoms with E-state index in [1.807, 2.05) is 0 Å². The van der Waals surface area contributed by atoms with Gasteiger partial charge in [0.05, 0.1) is 0 Å². The minimum atomic E-state index is 0.486. The van der Waals surface area contributed by atoms with Crippen LogP contribution in [0.5, 0.6) is 0 Å². The van der Waals surface area contributed by atoms with Crippen LogP contribution < -0.4 is 5.32 Å². The molecule has 0 amide bonds. The molecule has 1 aromatic rings. The third-order valence-electron chi connectivity index (χ3n) is 2.71. The van der Waals surface area contributed by atoms with E-state index in [0.29, 0.717) is 6.04 Å². The Morgan fingerprint density at radius 2 is 2.14 bits per heavy atom. The van der Waals surface area contributed by atoms with Gasteiger partial charge in [0, 0.05) is 17.8 Å². The minimum Gasteiger partial charge on any atom is -0.307 e. The van der Waals surface area contributed by atoms with E-state index in [9.17, 15) is 0 Å². The first-order valence-electron chi connectivity index (χ1n) is 5.25. The lowest BCUT2D eigenvalue weighted by Crippen LogP contribution is -2.31. The number of thioether (sulfide) groups is 1. The molecule has 1 aromatic carbocycles. The van der Waals surface area contributed by atoms with Gasteiger partial charge in [0.15, 0.2) is 0 Å². The molecule has 0 aliphatic carbocycles. The van der Waals surface area contributed by atoms with Crippen LogP contribution in [0.1, 0.15) is 24.9 Å². The van der Waals surface area contributed by atoms with Crippen LogP contribution >= 0.6 is 11.8 Å². The lowest BCUT2D eigenvalue weighted by molar-refractivity contribution is 0.486. The Kier molecular flexibility index (Phi) is 3.49. The molecule has 1 fully saturated rings. The highest BCUT2D eigenvalue weighted by atomic mass is 32.2. The van der Waals surface area contributed by atoms with Crippen molar-refractivity contribution in [1.82, 2.24) is 5.32 Å². The average Bonchev–Trinajstić information content (AvgIpc) is 2.72. The van der Waals surface area contributed by atoms with Gasteiger partial charge in [-0.05, 0) is 24.7 Å². The summed E-state index contributed by atoms with van der Waals surface area (Å²) in [5.41, 5.74) is 1.39. The van der Waals surface area contributed by atoms with E-state index in [1.165, 1.54) is 23.5 Å². The largest absolute Gasteiger partial charge is 0.307 e. The molecule has 0 spiro atoms. The number of rotatable bonds is 3. The SMILES string of the molecule is C[C@H](NC1CCSC1)c1ccccc1. The zero-order valence-electron chi connectivity index (χ0n) is 8.57. The molecular weight excluding hydrogens is 190 g/mol. The fourth-order valence-electron chi connectivity index (χ4n) is 1.86. The fourth-order valence-corrected chi connectivity index (χ4v) is 3.02. The maximum Gasteiger partial charge on any atom is 0.0294 e. The molecular formula is C12H17NS. The smallest absolute Gasteiger partial charge is 0.0294 e. The zero-order chi connectivity index (χ0) is 9.80. The van der Waals surface area contributed by atoms with Crippen LogP contribution in [0.15, 0.2) is 30.3 Å². The van der Waals surface area contributed by atoms with Crippen molar-refractivity contribution in [3.8, 4) is 0 Å². The summed E-state index contributed by atoms with van der Waals surface area (Å²) >= 11 is 2.06. The molecule has 0 radical (unpaired) electrons. The molecule has 0 aromatic heterocycles. The standard InChI is InChI=1S/C12H17NS/c1-10(11-5-3-2-4-6-11)13-12-7-8-14-9-12/h2-6,10,12-13H,7-9H2,1H3/t10-,12?/m0/s1.